The minimum Gasteiger partial charge on any atom is -0.342 e. The summed E-state index contributed by atoms with van der Waals surface area (Å²) in [6, 6.07) is 16.3. The number of hydrogen-bond acceptors (Lipinski definition) is 8. The van der Waals surface area contributed by atoms with E-state index in [1.54, 1.807) is 31.3 Å². The maximum absolute atomic E-state index is 13.4. The molecular formula is C43H42N8O5. The van der Waals surface area contributed by atoms with Gasteiger partial charge in [-0.3, -0.25) is 39.3 Å². The van der Waals surface area contributed by atoms with Crippen molar-refractivity contribution in [2.75, 3.05) is 6.54 Å². The molecule has 1 saturated heterocycles. The van der Waals surface area contributed by atoms with E-state index in [0.717, 1.165) is 63.2 Å². The van der Waals surface area contributed by atoms with E-state index < -0.39 is 17.5 Å². The molecule has 3 aromatic heterocycles. The van der Waals surface area contributed by atoms with Crippen LogP contribution in [-0.2, 0) is 40.4 Å². The summed E-state index contributed by atoms with van der Waals surface area (Å²) in [5.41, 5.74) is 5.95. The van der Waals surface area contributed by atoms with E-state index in [9.17, 15) is 24.0 Å². The normalized spacial score (nSPS) is 17.0. The number of carbonyl (C=O) groups is 5. The van der Waals surface area contributed by atoms with Gasteiger partial charge in [0.1, 0.15) is 17.6 Å². The predicted molar refractivity (Wildman–Crippen MR) is 210 cm³/mol. The summed E-state index contributed by atoms with van der Waals surface area (Å²) in [5, 5.41) is 7.31. The molecule has 13 heteroatoms. The van der Waals surface area contributed by atoms with Gasteiger partial charge in [0, 0.05) is 73.9 Å². The molecular weight excluding hydrogens is 709 g/mol. The molecule has 0 bridgehead atoms. The molecule has 56 heavy (non-hydrogen) atoms. The Hall–Kier alpha value is -6.50. The summed E-state index contributed by atoms with van der Waals surface area (Å²) in [4.78, 5) is 80.8. The van der Waals surface area contributed by atoms with Crippen molar-refractivity contribution in [2.45, 2.75) is 78.2 Å². The number of imide groups is 1. The number of rotatable bonds is 8. The standard InChI is InChI=1S/C43H42N8O5/c1-5-37-46-39(36-24-49(25(2)52)18-19-50(36)37)29-10-7-9-27-20-34(45-22-31(27)29)28-12-13-33(44-21-28)40(54)48-43(3,4)17-16-26-8-6-11-30-32(26)23-51(42(30)56)35-14-15-38(53)47-41(35)55/h6-13,16-17,20-22,35H,5,14-15,18-19,23-24H2,1-4H3,(H,48,54)(H,47,53,55)/b17-16+. The largest absolute Gasteiger partial charge is 0.342 e. The number of aryl methyl sites for hydroxylation is 1. The summed E-state index contributed by atoms with van der Waals surface area (Å²) in [5.74, 6) is -0.309. The third kappa shape index (κ3) is 6.73. The van der Waals surface area contributed by atoms with Crippen LogP contribution in [0.15, 0.2) is 73.1 Å². The lowest BCUT2D eigenvalue weighted by molar-refractivity contribution is -0.137. The van der Waals surface area contributed by atoms with E-state index in [2.05, 4.69) is 33.2 Å². The first-order valence-electron chi connectivity index (χ1n) is 18.9. The van der Waals surface area contributed by atoms with E-state index in [1.807, 2.05) is 67.4 Å². The van der Waals surface area contributed by atoms with Gasteiger partial charge in [0.25, 0.3) is 11.8 Å². The molecule has 8 rings (SSSR count). The number of nitrogens with zero attached hydrogens (tertiary/aromatic N) is 6. The molecule has 5 amide bonds. The van der Waals surface area contributed by atoms with Crippen molar-refractivity contribution in [2.24, 2.45) is 0 Å². The van der Waals surface area contributed by atoms with Crippen LogP contribution in [0.3, 0.4) is 0 Å². The molecule has 2 N–H and O–H groups in total. The van der Waals surface area contributed by atoms with Crippen molar-refractivity contribution in [3.63, 3.8) is 0 Å². The number of aromatic nitrogens is 4. The molecule has 0 aliphatic carbocycles. The van der Waals surface area contributed by atoms with Crippen LogP contribution in [0.4, 0.5) is 0 Å². The van der Waals surface area contributed by atoms with Crippen molar-refractivity contribution in [3.8, 4) is 22.5 Å². The molecule has 1 unspecified atom stereocenters. The average molecular weight is 751 g/mol. The average Bonchev–Trinajstić information content (AvgIpc) is 3.73. The van der Waals surface area contributed by atoms with E-state index >= 15 is 0 Å². The van der Waals surface area contributed by atoms with Gasteiger partial charge < -0.3 is 19.7 Å². The second kappa shape index (κ2) is 14.3. The van der Waals surface area contributed by atoms with Crippen molar-refractivity contribution in [3.05, 3.63) is 107 Å². The van der Waals surface area contributed by atoms with E-state index in [-0.39, 0.29) is 42.3 Å². The van der Waals surface area contributed by atoms with Crippen LogP contribution in [0.5, 0.6) is 0 Å². The van der Waals surface area contributed by atoms with Gasteiger partial charge in [-0.1, -0.05) is 49.4 Å². The fourth-order valence-corrected chi connectivity index (χ4v) is 7.87. The van der Waals surface area contributed by atoms with Crippen molar-refractivity contribution in [1.29, 1.82) is 0 Å². The summed E-state index contributed by atoms with van der Waals surface area (Å²) < 4.78 is 2.24. The van der Waals surface area contributed by atoms with Gasteiger partial charge in [-0.15, -0.1) is 0 Å². The lowest BCUT2D eigenvalue weighted by atomic mass is 9.98. The zero-order valence-electron chi connectivity index (χ0n) is 31.8. The Balaban J connectivity index is 0.967. The number of imidazole rings is 1. The summed E-state index contributed by atoms with van der Waals surface area (Å²) in [6.45, 7) is 9.60. The summed E-state index contributed by atoms with van der Waals surface area (Å²) in [7, 11) is 0. The third-order valence-electron chi connectivity index (χ3n) is 10.9. The van der Waals surface area contributed by atoms with Gasteiger partial charge in [0.2, 0.25) is 17.7 Å². The summed E-state index contributed by atoms with van der Waals surface area (Å²) in [6.07, 6.45) is 8.51. The van der Waals surface area contributed by atoms with Crippen LogP contribution in [0.2, 0.25) is 0 Å². The van der Waals surface area contributed by atoms with E-state index in [1.165, 1.54) is 4.90 Å². The lowest BCUT2D eigenvalue weighted by Crippen LogP contribution is -2.52. The smallest absolute Gasteiger partial charge is 0.270 e. The predicted octanol–water partition coefficient (Wildman–Crippen LogP) is 5.07. The van der Waals surface area contributed by atoms with Gasteiger partial charge in [0.15, 0.2) is 0 Å². The quantitative estimate of drug-likeness (QED) is 0.208. The van der Waals surface area contributed by atoms with Crippen molar-refractivity contribution >= 4 is 46.4 Å². The Labute approximate surface area is 323 Å². The molecule has 0 saturated carbocycles. The molecule has 13 nitrogen and oxygen atoms in total. The zero-order chi connectivity index (χ0) is 39.3. The number of nitrogens with one attached hydrogen (secondary N) is 2. The minimum absolute atomic E-state index is 0.0524. The van der Waals surface area contributed by atoms with Crippen LogP contribution in [-0.4, -0.2) is 77.0 Å². The maximum Gasteiger partial charge on any atom is 0.270 e. The molecule has 2 aromatic carbocycles. The third-order valence-corrected chi connectivity index (χ3v) is 10.9. The van der Waals surface area contributed by atoms with Crippen LogP contribution >= 0.6 is 0 Å². The fraction of sp³-hybridized carbons (Fsp3) is 0.302. The van der Waals surface area contributed by atoms with Crippen LogP contribution < -0.4 is 10.6 Å². The zero-order valence-corrected chi connectivity index (χ0v) is 31.8. The number of pyridine rings is 2. The highest BCUT2D eigenvalue weighted by molar-refractivity contribution is 6.06. The Morgan fingerprint density at radius 3 is 2.54 bits per heavy atom. The topological polar surface area (TPSA) is 159 Å². The molecule has 284 valence electrons. The highest BCUT2D eigenvalue weighted by Gasteiger charge is 2.39. The number of hydrogen-bond donors (Lipinski definition) is 2. The van der Waals surface area contributed by atoms with Crippen LogP contribution in [0.25, 0.3) is 39.4 Å². The first-order valence-corrected chi connectivity index (χ1v) is 18.9. The molecule has 0 radical (unpaired) electrons. The van der Waals surface area contributed by atoms with E-state index in [0.29, 0.717) is 30.8 Å². The van der Waals surface area contributed by atoms with Crippen LogP contribution in [0.1, 0.15) is 84.0 Å². The molecule has 0 spiro atoms. The number of amides is 5. The van der Waals surface area contributed by atoms with Gasteiger partial charge in [-0.2, -0.15) is 0 Å². The van der Waals surface area contributed by atoms with Crippen molar-refractivity contribution in [1.82, 2.24) is 40.0 Å². The second-order valence-electron chi connectivity index (χ2n) is 15.1. The Morgan fingerprint density at radius 2 is 1.79 bits per heavy atom. The molecule has 1 atom stereocenters. The first-order chi connectivity index (χ1) is 26.9. The highest BCUT2D eigenvalue weighted by atomic mass is 16.2. The fourth-order valence-electron chi connectivity index (χ4n) is 7.87. The van der Waals surface area contributed by atoms with Gasteiger partial charge in [-0.25, -0.2) is 4.98 Å². The number of benzene rings is 2. The Bertz CT molecular complexity index is 2480. The maximum atomic E-state index is 13.4. The second-order valence-corrected chi connectivity index (χ2v) is 15.1. The molecule has 1 fully saturated rings. The van der Waals surface area contributed by atoms with Crippen LogP contribution in [0, 0.1) is 0 Å². The summed E-state index contributed by atoms with van der Waals surface area (Å²) >= 11 is 0. The first kappa shape index (κ1) is 36.5. The van der Waals surface area contributed by atoms with Crippen molar-refractivity contribution < 1.29 is 24.0 Å². The van der Waals surface area contributed by atoms with E-state index in [4.69, 9.17) is 9.97 Å². The monoisotopic (exact) mass is 750 g/mol. The van der Waals surface area contributed by atoms with Gasteiger partial charge in [-0.05, 0) is 61.0 Å². The molecule has 6 heterocycles. The Morgan fingerprint density at radius 1 is 0.982 bits per heavy atom. The SMILES string of the molecule is CCc1nc(-c2cccc3cc(-c4ccc(C(=O)NC(C)(C)/C=C/c5cccc6c5CN(C5CCC(=O)NC5=O)C6=O)nc4)ncc23)c2n1CCN(C(C)=O)C2. The van der Waals surface area contributed by atoms with Gasteiger partial charge in [0.05, 0.1) is 29.2 Å². The highest BCUT2D eigenvalue weighted by Crippen LogP contribution is 2.35. The molecule has 3 aliphatic rings. The number of piperidine rings is 1. The van der Waals surface area contributed by atoms with Gasteiger partial charge >= 0.3 is 0 Å². The number of fused-ring (bicyclic) bond motifs is 3. The minimum atomic E-state index is -0.778. The Kier molecular flexibility index (Phi) is 9.31. The lowest BCUT2D eigenvalue weighted by Gasteiger charge is -2.29. The molecule has 3 aliphatic heterocycles. The number of carbonyl (C=O) groups excluding carboxylic acids is 5. The molecule has 5 aromatic rings.